The SMILES string of the molecule is CC(CC(F)(F)F)Nc1ccc(N)cc1C(N)=O. The van der Waals surface area contributed by atoms with Crippen molar-refractivity contribution in [3.05, 3.63) is 23.8 Å². The summed E-state index contributed by atoms with van der Waals surface area (Å²) < 4.78 is 36.5. The van der Waals surface area contributed by atoms with Crippen LogP contribution in [0.25, 0.3) is 0 Å². The lowest BCUT2D eigenvalue weighted by molar-refractivity contribution is -0.136. The second-order valence-corrected chi connectivity index (χ2v) is 4.03. The molecule has 0 aliphatic heterocycles. The molecule has 0 aliphatic rings. The summed E-state index contributed by atoms with van der Waals surface area (Å²) in [5, 5.41) is 2.60. The Labute approximate surface area is 102 Å². The topological polar surface area (TPSA) is 81.1 Å². The van der Waals surface area contributed by atoms with Crippen LogP contribution in [-0.2, 0) is 0 Å². The highest BCUT2D eigenvalue weighted by molar-refractivity contribution is 5.99. The van der Waals surface area contributed by atoms with Gasteiger partial charge in [0.25, 0.3) is 5.91 Å². The molecule has 18 heavy (non-hydrogen) atoms. The molecule has 0 fully saturated rings. The Morgan fingerprint density at radius 1 is 1.44 bits per heavy atom. The first kappa shape index (κ1) is 14.1. The first-order valence-electron chi connectivity index (χ1n) is 5.21. The van der Waals surface area contributed by atoms with E-state index in [4.69, 9.17) is 11.5 Å². The monoisotopic (exact) mass is 261 g/mol. The third-order valence-electron chi connectivity index (χ3n) is 2.25. The minimum absolute atomic E-state index is 0.0732. The lowest BCUT2D eigenvalue weighted by Crippen LogP contribution is -2.25. The van der Waals surface area contributed by atoms with Crippen molar-refractivity contribution in [3.63, 3.8) is 0 Å². The maximum atomic E-state index is 12.2. The highest BCUT2D eigenvalue weighted by Crippen LogP contribution is 2.25. The van der Waals surface area contributed by atoms with Crippen molar-refractivity contribution in [2.24, 2.45) is 5.73 Å². The van der Waals surface area contributed by atoms with E-state index >= 15 is 0 Å². The number of benzene rings is 1. The Morgan fingerprint density at radius 3 is 2.56 bits per heavy atom. The maximum Gasteiger partial charge on any atom is 0.391 e. The van der Waals surface area contributed by atoms with Gasteiger partial charge in [-0.1, -0.05) is 0 Å². The van der Waals surface area contributed by atoms with Crippen molar-refractivity contribution in [1.29, 1.82) is 0 Å². The van der Waals surface area contributed by atoms with Gasteiger partial charge in [-0.3, -0.25) is 4.79 Å². The molecule has 0 bridgehead atoms. The van der Waals surface area contributed by atoms with Crippen LogP contribution in [0.15, 0.2) is 18.2 Å². The summed E-state index contributed by atoms with van der Waals surface area (Å²) in [7, 11) is 0. The van der Waals surface area contributed by atoms with Crippen molar-refractivity contribution in [2.75, 3.05) is 11.1 Å². The quantitative estimate of drug-likeness (QED) is 0.726. The molecule has 0 aromatic heterocycles. The van der Waals surface area contributed by atoms with Gasteiger partial charge in [0.1, 0.15) is 0 Å². The van der Waals surface area contributed by atoms with Crippen LogP contribution in [0.2, 0.25) is 0 Å². The molecule has 0 heterocycles. The Morgan fingerprint density at radius 2 is 2.06 bits per heavy atom. The van der Waals surface area contributed by atoms with E-state index in [1.165, 1.54) is 25.1 Å². The van der Waals surface area contributed by atoms with E-state index in [0.717, 1.165) is 0 Å². The smallest absolute Gasteiger partial charge is 0.391 e. The van der Waals surface area contributed by atoms with Gasteiger partial charge in [-0.25, -0.2) is 0 Å². The van der Waals surface area contributed by atoms with E-state index in [0.29, 0.717) is 5.69 Å². The molecule has 0 radical (unpaired) electrons. The lowest BCUT2D eigenvalue weighted by atomic mass is 10.1. The van der Waals surface area contributed by atoms with Gasteiger partial charge in [0.15, 0.2) is 0 Å². The van der Waals surface area contributed by atoms with Crippen LogP contribution in [0.3, 0.4) is 0 Å². The number of anilines is 2. The fourth-order valence-corrected chi connectivity index (χ4v) is 1.56. The Kier molecular flexibility index (Phi) is 4.05. The number of amides is 1. The number of rotatable bonds is 4. The molecule has 5 N–H and O–H groups in total. The number of carbonyl (C=O) groups excluding carboxylic acids is 1. The Hall–Kier alpha value is -1.92. The molecule has 1 atom stereocenters. The van der Waals surface area contributed by atoms with E-state index in [1.807, 2.05) is 0 Å². The van der Waals surface area contributed by atoms with Crippen LogP contribution in [-0.4, -0.2) is 18.1 Å². The van der Waals surface area contributed by atoms with E-state index < -0.39 is 24.5 Å². The highest BCUT2D eigenvalue weighted by Gasteiger charge is 2.30. The molecule has 100 valence electrons. The number of hydrogen-bond acceptors (Lipinski definition) is 3. The van der Waals surface area contributed by atoms with Crippen LogP contribution in [0.4, 0.5) is 24.5 Å². The van der Waals surface area contributed by atoms with E-state index in [2.05, 4.69) is 5.32 Å². The fraction of sp³-hybridized carbons (Fsp3) is 0.364. The lowest BCUT2D eigenvalue weighted by Gasteiger charge is -2.18. The van der Waals surface area contributed by atoms with Crippen LogP contribution in [0.1, 0.15) is 23.7 Å². The minimum Gasteiger partial charge on any atom is -0.399 e. The van der Waals surface area contributed by atoms with E-state index in [1.54, 1.807) is 0 Å². The number of carbonyl (C=O) groups is 1. The molecule has 1 rings (SSSR count). The predicted molar refractivity (Wildman–Crippen MR) is 63.1 cm³/mol. The minimum atomic E-state index is -4.27. The zero-order valence-electron chi connectivity index (χ0n) is 9.71. The number of halogens is 3. The van der Waals surface area contributed by atoms with Crippen LogP contribution < -0.4 is 16.8 Å². The van der Waals surface area contributed by atoms with Gasteiger partial charge < -0.3 is 16.8 Å². The van der Waals surface area contributed by atoms with E-state index in [9.17, 15) is 18.0 Å². The molecule has 0 saturated heterocycles. The summed E-state index contributed by atoms with van der Waals surface area (Å²) in [6.07, 6.45) is -5.28. The third-order valence-corrected chi connectivity index (χ3v) is 2.25. The molecular weight excluding hydrogens is 247 g/mol. The molecule has 7 heteroatoms. The van der Waals surface area contributed by atoms with Gasteiger partial charge in [0, 0.05) is 17.4 Å². The number of primary amides is 1. The zero-order chi connectivity index (χ0) is 13.9. The van der Waals surface area contributed by atoms with Crippen LogP contribution in [0.5, 0.6) is 0 Å². The number of nitrogens with one attached hydrogen (secondary N) is 1. The number of alkyl halides is 3. The average molecular weight is 261 g/mol. The highest BCUT2D eigenvalue weighted by atomic mass is 19.4. The van der Waals surface area contributed by atoms with Crippen molar-refractivity contribution in [2.45, 2.75) is 25.6 Å². The van der Waals surface area contributed by atoms with Gasteiger partial charge in [0.2, 0.25) is 0 Å². The van der Waals surface area contributed by atoms with E-state index in [-0.39, 0.29) is 11.3 Å². The average Bonchev–Trinajstić information content (AvgIpc) is 2.17. The van der Waals surface area contributed by atoms with Crippen LogP contribution >= 0.6 is 0 Å². The number of nitrogens with two attached hydrogens (primary N) is 2. The number of hydrogen-bond donors (Lipinski definition) is 3. The van der Waals surface area contributed by atoms with Crippen molar-refractivity contribution >= 4 is 17.3 Å². The summed E-state index contributed by atoms with van der Waals surface area (Å²) in [4.78, 5) is 11.1. The van der Waals surface area contributed by atoms with Crippen molar-refractivity contribution < 1.29 is 18.0 Å². The molecule has 1 aromatic rings. The third kappa shape index (κ3) is 4.15. The molecule has 0 spiro atoms. The predicted octanol–water partition coefficient (Wildman–Crippen LogP) is 2.12. The summed E-state index contributed by atoms with van der Waals surface area (Å²) in [6.45, 7) is 1.37. The largest absolute Gasteiger partial charge is 0.399 e. The summed E-state index contributed by atoms with van der Waals surface area (Å²) in [5.74, 6) is -0.746. The normalized spacial score (nSPS) is 13.1. The molecule has 0 saturated carbocycles. The van der Waals surface area contributed by atoms with Crippen LogP contribution in [0, 0.1) is 0 Å². The van der Waals surface area contributed by atoms with Gasteiger partial charge >= 0.3 is 6.18 Å². The maximum absolute atomic E-state index is 12.2. The molecule has 1 aromatic carbocycles. The van der Waals surface area contributed by atoms with Gasteiger partial charge in [-0.05, 0) is 25.1 Å². The fourth-order valence-electron chi connectivity index (χ4n) is 1.56. The molecular formula is C11H14F3N3O. The zero-order valence-corrected chi connectivity index (χ0v) is 9.71. The van der Waals surface area contributed by atoms with Gasteiger partial charge in [-0.2, -0.15) is 13.2 Å². The Balaban J connectivity index is 2.87. The molecule has 1 amide bonds. The standard InChI is InChI=1S/C11H14F3N3O/c1-6(5-11(12,13)14)17-9-3-2-7(15)4-8(9)10(16)18/h2-4,6,17H,5,15H2,1H3,(H2,16,18). The molecule has 4 nitrogen and oxygen atoms in total. The molecule has 1 unspecified atom stereocenters. The Bertz CT molecular complexity index is 446. The van der Waals surface area contributed by atoms with Gasteiger partial charge in [-0.15, -0.1) is 0 Å². The molecule has 0 aliphatic carbocycles. The summed E-state index contributed by atoms with van der Waals surface area (Å²) in [5.41, 5.74) is 11.2. The first-order chi connectivity index (χ1) is 8.19. The first-order valence-corrected chi connectivity index (χ1v) is 5.21. The second kappa shape index (κ2) is 5.16. The summed E-state index contributed by atoms with van der Waals surface area (Å²) >= 11 is 0. The van der Waals surface area contributed by atoms with Crippen molar-refractivity contribution in [3.8, 4) is 0 Å². The van der Waals surface area contributed by atoms with Crippen molar-refractivity contribution in [1.82, 2.24) is 0 Å². The second-order valence-electron chi connectivity index (χ2n) is 4.03. The van der Waals surface area contributed by atoms with Gasteiger partial charge in [0.05, 0.1) is 12.0 Å². The summed E-state index contributed by atoms with van der Waals surface area (Å²) in [6, 6.07) is 3.37. The number of nitrogen functional groups attached to an aromatic ring is 1.